The second-order valence-corrected chi connectivity index (χ2v) is 6.05. The van der Waals surface area contributed by atoms with Crippen LogP contribution >= 0.6 is 0 Å². The van der Waals surface area contributed by atoms with Crippen LogP contribution in [0, 0.1) is 10.1 Å². The zero-order chi connectivity index (χ0) is 19.8. The highest BCUT2D eigenvalue weighted by atomic mass is 16.7. The van der Waals surface area contributed by atoms with Crippen LogP contribution in [-0.4, -0.2) is 32.2 Å². The first-order valence-electron chi connectivity index (χ1n) is 8.29. The number of nitro groups is 1. The molecule has 4 rings (SSSR count). The largest absolute Gasteiger partial charge is 0.493 e. The van der Waals surface area contributed by atoms with E-state index in [2.05, 4.69) is 0 Å². The van der Waals surface area contributed by atoms with Crippen molar-refractivity contribution in [3.63, 3.8) is 0 Å². The van der Waals surface area contributed by atoms with Gasteiger partial charge < -0.3 is 18.9 Å². The second-order valence-electron chi connectivity index (χ2n) is 6.05. The van der Waals surface area contributed by atoms with E-state index >= 15 is 0 Å². The van der Waals surface area contributed by atoms with Crippen LogP contribution in [0.5, 0.6) is 23.0 Å². The summed E-state index contributed by atoms with van der Waals surface area (Å²) in [7, 11) is 3.02. The van der Waals surface area contributed by atoms with Crippen molar-refractivity contribution in [2.45, 2.75) is 0 Å². The molecule has 0 saturated heterocycles. The van der Waals surface area contributed by atoms with Crippen molar-refractivity contribution in [2.75, 3.05) is 21.0 Å². The summed E-state index contributed by atoms with van der Waals surface area (Å²) < 4.78 is 21.2. The number of hydrogen-bond donors (Lipinski definition) is 0. The van der Waals surface area contributed by atoms with Crippen LogP contribution in [0.25, 0.3) is 21.9 Å². The number of fused-ring (bicyclic) bond motifs is 2. The number of nitro benzene ring substituents is 1. The highest BCUT2D eigenvalue weighted by molar-refractivity contribution is 6.06. The van der Waals surface area contributed by atoms with Gasteiger partial charge in [-0.25, -0.2) is 0 Å². The Labute approximate surface area is 159 Å². The van der Waals surface area contributed by atoms with Gasteiger partial charge in [0.05, 0.1) is 30.8 Å². The molecule has 0 fully saturated rings. The summed E-state index contributed by atoms with van der Waals surface area (Å²) in [5, 5.41) is 13.0. The van der Waals surface area contributed by atoms with Gasteiger partial charge in [-0.1, -0.05) is 12.1 Å². The Morgan fingerprint density at radius 1 is 1.00 bits per heavy atom. The van der Waals surface area contributed by atoms with Gasteiger partial charge in [-0.2, -0.15) is 0 Å². The minimum atomic E-state index is -0.509. The minimum Gasteiger partial charge on any atom is -0.493 e. The monoisotopic (exact) mass is 381 g/mol. The Balaban J connectivity index is 2.02. The van der Waals surface area contributed by atoms with Crippen LogP contribution in [-0.2, 0) is 0 Å². The van der Waals surface area contributed by atoms with E-state index < -0.39 is 4.92 Å². The summed E-state index contributed by atoms with van der Waals surface area (Å²) >= 11 is 0. The number of aldehydes is 1. The number of nitrogens with zero attached hydrogens (tertiary/aromatic N) is 1. The summed E-state index contributed by atoms with van der Waals surface area (Å²) in [5.74, 6) is 1.67. The normalized spacial score (nSPS) is 12.1. The lowest BCUT2D eigenvalue weighted by atomic mass is 9.93. The Morgan fingerprint density at radius 2 is 1.68 bits per heavy atom. The van der Waals surface area contributed by atoms with Gasteiger partial charge >= 0.3 is 0 Å². The quantitative estimate of drug-likeness (QED) is 0.375. The van der Waals surface area contributed by atoms with Crippen LogP contribution < -0.4 is 18.9 Å². The smallest absolute Gasteiger partial charge is 0.281 e. The number of carbonyl (C=O) groups excluding carboxylic acids is 1. The molecule has 0 atom stereocenters. The van der Waals surface area contributed by atoms with Gasteiger partial charge in [-0.05, 0) is 34.5 Å². The summed E-state index contributed by atoms with van der Waals surface area (Å²) in [6, 6.07) is 9.70. The van der Waals surface area contributed by atoms with Crippen molar-refractivity contribution in [1.82, 2.24) is 0 Å². The topological polar surface area (TPSA) is 97.1 Å². The van der Waals surface area contributed by atoms with Gasteiger partial charge in [0.25, 0.3) is 5.69 Å². The van der Waals surface area contributed by atoms with E-state index in [0.717, 1.165) is 5.39 Å². The molecule has 0 unspecified atom stereocenters. The van der Waals surface area contributed by atoms with E-state index in [1.807, 2.05) is 0 Å². The molecule has 3 aromatic carbocycles. The van der Waals surface area contributed by atoms with E-state index in [1.165, 1.54) is 26.4 Å². The highest BCUT2D eigenvalue weighted by Crippen LogP contribution is 2.44. The number of rotatable bonds is 5. The lowest BCUT2D eigenvalue weighted by Crippen LogP contribution is -1.97. The van der Waals surface area contributed by atoms with Gasteiger partial charge in [-0.15, -0.1) is 0 Å². The van der Waals surface area contributed by atoms with Crippen molar-refractivity contribution in [2.24, 2.45) is 0 Å². The number of ether oxygens (including phenoxy) is 4. The Kier molecular flexibility index (Phi) is 4.23. The van der Waals surface area contributed by atoms with E-state index in [4.69, 9.17) is 18.9 Å². The average Bonchev–Trinajstić information content (AvgIpc) is 3.18. The van der Waals surface area contributed by atoms with Crippen molar-refractivity contribution >= 4 is 22.7 Å². The molecule has 28 heavy (non-hydrogen) atoms. The maximum atomic E-state index is 12.0. The molecule has 1 aliphatic heterocycles. The molecular formula is C20H15NO7. The fourth-order valence-electron chi connectivity index (χ4n) is 3.33. The maximum Gasteiger partial charge on any atom is 0.281 e. The fourth-order valence-corrected chi connectivity index (χ4v) is 3.33. The molecule has 0 N–H and O–H groups in total. The maximum absolute atomic E-state index is 12.0. The first kappa shape index (κ1) is 17.6. The van der Waals surface area contributed by atoms with E-state index in [9.17, 15) is 14.9 Å². The lowest BCUT2D eigenvalue weighted by Gasteiger charge is -2.13. The molecule has 3 aromatic rings. The molecular weight excluding hydrogens is 366 g/mol. The Morgan fingerprint density at radius 3 is 2.32 bits per heavy atom. The molecule has 142 valence electrons. The predicted molar refractivity (Wildman–Crippen MR) is 101 cm³/mol. The van der Waals surface area contributed by atoms with Crippen LogP contribution in [0.3, 0.4) is 0 Å². The summed E-state index contributed by atoms with van der Waals surface area (Å²) in [5.41, 5.74) is 0.820. The van der Waals surface area contributed by atoms with Crippen molar-refractivity contribution in [3.8, 4) is 34.1 Å². The van der Waals surface area contributed by atoms with E-state index in [0.29, 0.717) is 45.8 Å². The van der Waals surface area contributed by atoms with Crippen LogP contribution in [0.15, 0.2) is 36.4 Å². The molecule has 0 aromatic heterocycles. The second kappa shape index (κ2) is 6.73. The molecule has 8 heteroatoms. The zero-order valence-corrected chi connectivity index (χ0v) is 15.1. The number of benzene rings is 3. The van der Waals surface area contributed by atoms with Crippen molar-refractivity contribution in [1.29, 1.82) is 0 Å². The molecule has 1 aliphatic rings. The Hall–Kier alpha value is -3.81. The van der Waals surface area contributed by atoms with Crippen LogP contribution in [0.1, 0.15) is 10.4 Å². The molecule has 8 nitrogen and oxygen atoms in total. The van der Waals surface area contributed by atoms with Crippen LogP contribution in [0.4, 0.5) is 5.69 Å². The van der Waals surface area contributed by atoms with Crippen molar-refractivity contribution < 1.29 is 28.7 Å². The number of hydrogen-bond acceptors (Lipinski definition) is 7. The van der Waals surface area contributed by atoms with Gasteiger partial charge in [0, 0.05) is 5.56 Å². The molecule has 0 aliphatic carbocycles. The molecule has 0 spiro atoms. The fraction of sp³-hybridized carbons (Fsp3) is 0.150. The van der Waals surface area contributed by atoms with Gasteiger partial charge in [-0.3, -0.25) is 14.9 Å². The van der Waals surface area contributed by atoms with Gasteiger partial charge in [0.15, 0.2) is 29.3 Å². The SMILES string of the molecule is COc1cc2ccc(-c3cc4c(cc3[N+](=O)[O-])OCO4)c(C=O)c2cc1OC. The predicted octanol–water partition coefficient (Wildman–Crippen LogP) is 3.97. The van der Waals surface area contributed by atoms with Gasteiger partial charge in [0.2, 0.25) is 6.79 Å². The number of methoxy groups -OCH3 is 2. The average molecular weight is 381 g/mol. The van der Waals surface area contributed by atoms with E-state index in [1.54, 1.807) is 24.3 Å². The molecule has 0 amide bonds. The standard InChI is InChI=1S/C20H15NO7/c1-25-17-5-11-3-4-12(15(9-22)13(11)6-18(17)26-2)14-7-19-20(28-10-27-19)8-16(14)21(23)24/h3-9H,10H2,1-2H3. The summed E-state index contributed by atoms with van der Waals surface area (Å²) in [6.45, 7) is -0.00874. The lowest BCUT2D eigenvalue weighted by molar-refractivity contribution is -0.384. The summed E-state index contributed by atoms with van der Waals surface area (Å²) in [4.78, 5) is 23.1. The van der Waals surface area contributed by atoms with Crippen molar-refractivity contribution in [3.05, 3.63) is 52.1 Å². The first-order chi connectivity index (χ1) is 13.6. The minimum absolute atomic E-state index is 0.00874. The first-order valence-corrected chi connectivity index (χ1v) is 8.29. The molecule has 0 bridgehead atoms. The Bertz CT molecular complexity index is 1120. The molecule has 0 saturated carbocycles. The summed E-state index contributed by atoms with van der Waals surface area (Å²) in [6.07, 6.45) is 0.678. The van der Waals surface area contributed by atoms with Crippen LogP contribution in [0.2, 0.25) is 0 Å². The molecule has 0 radical (unpaired) electrons. The van der Waals surface area contributed by atoms with Gasteiger partial charge in [0.1, 0.15) is 0 Å². The third-order valence-electron chi connectivity index (χ3n) is 4.66. The zero-order valence-electron chi connectivity index (χ0n) is 15.1. The molecule has 1 heterocycles. The van der Waals surface area contributed by atoms with E-state index in [-0.39, 0.29) is 18.0 Å². The third kappa shape index (κ3) is 2.66. The number of carbonyl (C=O) groups is 1. The highest BCUT2D eigenvalue weighted by Gasteiger charge is 2.26. The third-order valence-corrected chi connectivity index (χ3v) is 4.66.